The molecule has 1 amide bonds. The molecule has 1 saturated heterocycles. The lowest BCUT2D eigenvalue weighted by molar-refractivity contribution is 0.0662. The minimum absolute atomic E-state index is 0.0384. The third kappa shape index (κ3) is 3.61. The van der Waals surface area contributed by atoms with Crippen LogP contribution in [0.2, 0.25) is 10.0 Å². The van der Waals surface area contributed by atoms with Crippen LogP contribution in [0.4, 0.5) is 0 Å². The van der Waals surface area contributed by atoms with Crippen molar-refractivity contribution in [2.24, 2.45) is 0 Å². The van der Waals surface area contributed by atoms with Crippen LogP contribution < -0.4 is 5.56 Å². The topological polar surface area (TPSA) is 69.3 Å². The highest BCUT2D eigenvalue weighted by atomic mass is 35.5. The first-order chi connectivity index (χ1) is 11.4. The highest BCUT2D eigenvalue weighted by Crippen LogP contribution is 2.24. The Labute approximate surface area is 149 Å². The number of amides is 1. The van der Waals surface area contributed by atoms with Crippen molar-refractivity contribution in [2.75, 3.05) is 33.2 Å². The first kappa shape index (κ1) is 17.0. The molecule has 1 aromatic carbocycles. The Bertz CT molecular complexity index is 809. The standard InChI is InChI=1S/C16H16Cl2N4O2/c1-21-2-4-22(5-3-21)16(24)13-9-19-14(20-15(13)23)10-6-11(17)8-12(18)7-10/h6-9H,2-5H2,1H3,(H,19,20,23). The molecular weight excluding hydrogens is 351 g/mol. The van der Waals surface area contributed by atoms with Gasteiger partial charge in [-0.25, -0.2) is 4.98 Å². The Balaban J connectivity index is 1.87. The molecule has 2 heterocycles. The Morgan fingerprint density at radius 2 is 1.75 bits per heavy atom. The molecule has 1 fully saturated rings. The summed E-state index contributed by atoms with van der Waals surface area (Å²) in [6, 6.07) is 4.89. The second-order valence-electron chi connectivity index (χ2n) is 5.73. The summed E-state index contributed by atoms with van der Waals surface area (Å²) < 4.78 is 0. The second-order valence-corrected chi connectivity index (χ2v) is 6.60. The lowest BCUT2D eigenvalue weighted by Gasteiger charge is -2.32. The molecule has 6 nitrogen and oxygen atoms in total. The molecule has 0 aliphatic carbocycles. The van der Waals surface area contributed by atoms with Crippen molar-refractivity contribution in [3.05, 3.63) is 50.4 Å². The fourth-order valence-corrected chi connectivity index (χ4v) is 3.09. The zero-order valence-electron chi connectivity index (χ0n) is 13.1. The molecule has 3 rings (SSSR count). The third-order valence-corrected chi connectivity index (χ3v) is 4.39. The van der Waals surface area contributed by atoms with Gasteiger partial charge in [0.2, 0.25) is 0 Å². The summed E-state index contributed by atoms with van der Waals surface area (Å²) >= 11 is 11.9. The highest BCUT2D eigenvalue weighted by Gasteiger charge is 2.23. The van der Waals surface area contributed by atoms with Crippen molar-refractivity contribution in [3.8, 4) is 11.4 Å². The van der Waals surface area contributed by atoms with Gasteiger partial charge in [-0.15, -0.1) is 0 Å². The van der Waals surface area contributed by atoms with Crippen molar-refractivity contribution in [3.63, 3.8) is 0 Å². The first-order valence-corrected chi connectivity index (χ1v) is 8.23. The van der Waals surface area contributed by atoms with E-state index in [1.807, 2.05) is 7.05 Å². The van der Waals surface area contributed by atoms with E-state index in [1.165, 1.54) is 6.20 Å². The van der Waals surface area contributed by atoms with Gasteiger partial charge in [0.25, 0.3) is 11.5 Å². The molecule has 0 saturated carbocycles. The van der Waals surface area contributed by atoms with E-state index < -0.39 is 5.56 Å². The van der Waals surface area contributed by atoms with Gasteiger partial charge >= 0.3 is 0 Å². The fraction of sp³-hybridized carbons (Fsp3) is 0.312. The van der Waals surface area contributed by atoms with E-state index in [-0.39, 0.29) is 11.5 Å². The molecule has 8 heteroatoms. The average Bonchev–Trinajstić information content (AvgIpc) is 2.54. The number of benzene rings is 1. The van der Waals surface area contributed by atoms with Crippen LogP contribution in [-0.2, 0) is 0 Å². The van der Waals surface area contributed by atoms with Gasteiger partial charge in [0.15, 0.2) is 0 Å². The minimum Gasteiger partial charge on any atom is -0.336 e. The fourth-order valence-electron chi connectivity index (χ4n) is 2.56. The number of nitrogens with zero attached hydrogens (tertiary/aromatic N) is 3. The number of halogens is 2. The van der Waals surface area contributed by atoms with Gasteiger partial charge in [-0.1, -0.05) is 23.2 Å². The monoisotopic (exact) mass is 366 g/mol. The maximum Gasteiger partial charge on any atom is 0.264 e. The predicted molar refractivity (Wildman–Crippen MR) is 93.7 cm³/mol. The number of H-pyrrole nitrogens is 1. The number of carbonyl (C=O) groups excluding carboxylic acids is 1. The summed E-state index contributed by atoms with van der Waals surface area (Å²) in [5.74, 6) is 0.0202. The smallest absolute Gasteiger partial charge is 0.264 e. The second kappa shape index (κ2) is 6.93. The van der Waals surface area contributed by atoms with Crippen LogP contribution in [0.1, 0.15) is 10.4 Å². The van der Waals surface area contributed by atoms with E-state index in [9.17, 15) is 9.59 Å². The number of nitrogens with one attached hydrogen (secondary N) is 1. The zero-order valence-corrected chi connectivity index (χ0v) is 14.6. The SMILES string of the molecule is CN1CCN(C(=O)c2cnc(-c3cc(Cl)cc(Cl)c3)[nH]c2=O)CC1. The van der Waals surface area contributed by atoms with Crippen molar-refractivity contribution in [1.29, 1.82) is 0 Å². The van der Waals surface area contributed by atoms with Crippen LogP contribution in [-0.4, -0.2) is 58.9 Å². The number of aromatic nitrogens is 2. The molecule has 1 aliphatic rings. The molecule has 1 aliphatic heterocycles. The van der Waals surface area contributed by atoms with Crippen molar-refractivity contribution < 1.29 is 4.79 Å². The van der Waals surface area contributed by atoms with E-state index in [2.05, 4.69) is 14.9 Å². The van der Waals surface area contributed by atoms with E-state index >= 15 is 0 Å². The Kier molecular flexibility index (Phi) is 4.89. The number of piperazine rings is 1. The normalized spacial score (nSPS) is 15.5. The van der Waals surface area contributed by atoms with E-state index in [0.29, 0.717) is 34.5 Å². The van der Waals surface area contributed by atoms with Crippen LogP contribution in [0.5, 0.6) is 0 Å². The number of hydrogen-bond acceptors (Lipinski definition) is 4. The molecule has 0 spiro atoms. The van der Waals surface area contributed by atoms with Crippen LogP contribution in [0.3, 0.4) is 0 Å². The van der Waals surface area contributed by atoms with Gasteiger partial charge in [0.05, 0.1) is 0 Å². The maximum absolute atomic E-state index is 12.5. The van der Waals surface area contributed by atoms with E-state index in [4.69, 9.17) is 23.2 Å². The molecule has 1 aromatic heterocycles. The largest absolute Gasteiger partial charge is 0.336 e. The van der Waals surface area contributed by atoms with Crippen LogP contribution in [0.25, 0.3) is 11.4 Å². The average molecular weight is 367 g/mol. The first-order valence-electron chi connectivity index (χ1n) is 7.47. The van der Waals surface area contributed by atoms with Crippen molar-refractivity contribution >= 4 is 29.1 Å². The lowest BCUT2D eigenvalue weighted by Crippen LogP contribution is -2.48. The molecular formula is C16H16Cl2N4O2. The number of rotatable bonds is 2. The summed E-state index contributed by atoms with van der Waals surface area (Å²) in [4.78, 5) is 35.4. The molecule has 0 unspecified atom stereocenters. The van der Waals surface area contributed by atoms with Crippen molar-refractivity contribution in [1.82, 2.24) is 19.8 Å². The molecule has 0 atom stereocenters. The lowest BCUT2D eigenvalue weighted by atomic mass is 10.2. The molecule has 126 valence electrons. The van der Waals surface area contributed by atoms with Crippen LogP contribution >= 0.6 is 23.2 Å². The summed E-state index contributed by atoms with van der Waals surface area (Å²) in [7, 11) is 2.00. The number of likely N-dealkylation sites (N-methyl/N-ethyl adjacent to an activating group) is 1. The van der Waals surface area contributed by atoms with Crippen LogP contribution in [0, 0.1) is 0 Å². The Hall–Kier alpha value is -1.89. The van der Waals surface area contributed by atoms with Gasteiger partial charge in [-0.05, 0) is 25.2 Å². The quantitative estimate of drug-likeness (QED) is 0.883. The van der Waals surface area contributed by atoms with E-state index in [1.54, 1.807) is 23.1 Å². The van der Waals surface area contributed by atoms with Crippen LogP contribution in [0.15, 0.2) is 29.2 Å². The zero-order chi connectivity index (χ0) is 17.3. The maximum atomic E-state index is 12.5. The molecule has 24 heavy (non-hydrogen) atoms. The number of aromatic amines is 1. The van der Waals surface area contributed by atoms with Gasteiger partial charge in [-0.2, -0.15) is 0 Å². The number of hydrogen-bond donors (Lipinski definition) is 1. The van der Waals surface area contributed by atoms with Gasteiger partial charge in [-0.3, -0.25) is 9.59 Å². The highest BCUT2D eigenvalue weighted by molar-refractivity contribution is 6.35. The van der Waals surface area contributed by atoms with Gasteiger partial charge in [0, 0.05) is 48.0 Å². The third-order valence-electron chi connectivity index (χ3n) is 3.96. The summed E-state index contributed by atoms with van der Waals surface area (Å²) in [5.41, 5.74) is 0.152. The van der Waals surface area contributed by atoms with Gasteiger partial charge in [0.1, 0.15) is 11.4 Å². The predicted octanol–water partition coefficient (Wildman–Crippen LogP) is 2.13. The summed E-state index contributed by atoms with van der Waals surface area (Å²) in [5, 5.41) is 0.885. The molecule has 0 bridgehead atoms. The Morgan fingerprint density at radius 3 is 2.33 bits per heavy atom. The van der Waals surface area contributed by atoms with Gasteiger partial charge < -0.3 is 14.8 Å². The summed E-state index contributed by atoms with van der Waals surface area (Å²) in [6.45, 7) is 2.77. The van der Waals surface area contributed by atoms with Crippen molar-refractivity contribution in [2.45, 2.75) is 0 Å². The summed E-state index contributed by atoms with van der Waals surface area (Å²) in [6.07, 6.45) is 1.31. The number of carbonyl (C=O) groups is 1. The van der Waals surface area contributed by atoms with E-state index in [0.717, 1.165) is 13.1 Å². The molecule has 2 aromatic rings. The minimum atomic E-state index is -0.472. The molecule has 0 radical (unpaired) electrons. The Morgan fingerprint density at radius 1 is 1.12 bits per heavy atom. The molecule has 1 N–H and O–H groups in total.